The number of hydrogen-bond acceptors (Lipinski definition) is 4. The van der Waals surface area contributed by atoms with E-state index in [1.165, 1.54) is 0 Å². The number of aliphatic hydroxyl groups excluding tert-OH is 1. The van der Waals surface area contributed by atoms with Crippen LogP contribution >= 0.6 is 0 Å². The smallest absolute Gasteiger partial charge is 0.254 e. The van der Waals surface area contributed by atoms with Crippen molar-refractivity contribution in [3.8, 4) is 0 Å². The monoisotopic (exact) mass is 360 g/mol. The van der Waals surface area contributed by atoms with Gasteiger partial charge in [-0.2, -0.15) is 0 Å². The van der Waals surface area contributed by atoms with Gasteiger partial charge in [-0.15, -0.1) is 0 Å². The number of likely N-dealkylation sites (N-methyl/N-ethyl adjacent to an activating group) is 2. The number of hydrogen-bond donors (Lipinski definition) is 1. The molecular weight excluding hydrogens is 332 g/mol. The summed E-state index contributed by atoms with van der Waals surface area (Å²) in [7, 11) is 3.48. The van der Waals surface area contributed by atoms with Gasteiger partial charge < -0.3 is 19.6 Å². The number of aryl methyl sites for hydroxylation is 1. The Morgan fingerprint density at radius 3 is 2.65 bits per heavy atom. The van der Waals surface area contributed by atoms with Gasteiger partial charge in [0.05, 0.1) is 12.6 Å². The zero-order valence-electron chi connectivity index (χ0n) is 15.8. The lowest BCUT2D eigenvalue weighted by molar-refractivity contribution is -0.168. The Morgan fingerprint density at radius 1 is 1.38 bits per heavy atom. The topological polar surface area (TPSA) is 70.1 Å². The van der Waals surface area contributed by atoms with Gasteiger partial charge in [-0.1, -0.05) is 30.7 Å². The molecule has 0 unspecified atom stereocenters. The molecule has 6 heteroatoms. The molecule has 1 aliphatic carbocycles. The minimum Gasteiger partial charge on any atom is -0.396 e. The fraction of sp³-hybridized carbons (Fsp3) is 0.600. The third-order valence-electron chi connectivity index (χ3n) is 5.93. The first-order chi connectivity index (χ1) is 12.4. The highest BCUT2D eigenvalue weighted by Gasteiger charge is 2.44. The van der Waals surface area contributed by atoms with Crippen LogP contribution in [-0.4, -0.2) is 66.7 Å². The Bertz CT molecular complexity index is 681. The molecule has 0 radical (unpaired) electrons. The Morgan fingerprint density at radius 2 is 2.08 bits per heavy atom. The molecule has 3 rings (SSSR count). The van der Waals surface area contributed by atoms with Crippen LogP contribution in [0.1, 0.15) is 36.4 Å². The lowest BCUT2D eigenvalue weighted by Crippen LogP contribution is -2.55. The van der Waals surface area contributed by atoms with Crippen molar-refractivity contribution in [2.45, 2.75) is 38.3 Å². The molecule has 2 amide bonds. The van der Waals surface area contributed by atoms with Gasteiger partial charge in [-0.25, -0.2) is 0 Å². The fourth-order valence-electron chi connectivity index (χ4n) is 4.05. The van der Waals surface area contributed by atoms with Gasteiger partial charge in [0.15, 0.2) is 6.10 Å². The van der Waals surface area contributed by atoms with Crippen molar-refractivity contribution < 1.29 is 19.4 Å². The first kappa shape index (κ1) is 18.9. The third-order valence-corrected chi connectivity index (χ3v) is 5.93. The van der Waals surface area contributed by atoms with Crippen LogP contribution in [0.5, 0.6) is 0 Å². The third kappa shape index (κ3) is 3.35. The highest BCUT2D eigenvalue weighted by molar-refractivity contribution is 5.86. The highest BCUT2D eigenvalue weighted by atomic mass is 16.5. The van der Waals surface area contributed by atoms with Crippen LogP contribution in [0, 0.1) is 12.3 Å². The van der Waals surface area contributed by atoms with Gasteiger partial charge in [0, 0.05) is 26.1 Å². The van der Waals surface area contributed by atoms with Gasteiger partial charge in [0.25, 0.3) is 5.91 Å². The van der Waals surface area contributed by atoms with E-state index in [9.17, 15) is 14.7 Å². The largest absolute Gasteiger partial charge is 0.396 e. The molecule has 0 bridgehead atoms. The maximum absolute atomic E-state index is 13.2. The molecule has 0 spiro atoms. The van der Waals surface area contributed by atoms with Gasteiger partial charge in [-0.3, -0.25) is 9.59 Å². The number of nitrogens with zero attached hydrogens (tertiary/aromatic N) is 2. The molecule has 1 saturated carbocycles. The predicted octanol–water partition coefficient (Wildman–Crippen LogP) is 1.51. The van der Waals surface area contributed by atoms with Crippen LogP contribution in [0.3, 0.4) is 0 Å². The second kappa shape index (κ2) is 7.37. The number of rotatable bonds is 5. The molecule has 142 valence electrons. The van der Waals surface area contributed by atoms with Crippen molar-refractivity contribution in [3.05, 3.63) is 35.4 Å². The number of carbonyl (C=O) groups excluding carboxylic acids is 2. The van der Waals surface area contributed by atoms with Gasteiger partial charge >= 0.3 is 0 Å². The quantitative estimate of drug-likeness (QED) is 0.864. The van der Waals surface area contributed by atoms with E-state index in [1.54, 1.807) is 23.9 Å². The van der Waals surface area contributed by atoms with Gasteiger partial charge in [0.1, 0.15) is 6.61 Å². The van der Waals surface area contributed by atoms with E-state index in [0.29, 0.717) is 6.54 Å². The molecule has 1 N–H and O–H groups in total. The lowest BCUT2D eigenvalue weighted by Gasteiger charge is -2.45. The minimum atomic E-state index is -0.736. The summed E-state index contributed by atoms with van der Waals surface area (Å²) in [6, 6.07) is 7.33. The average molecular weight is 360 g/mol. The molecule has 2 atom stereocenters. The number of aliphatic hydroxyl groups is 1. The number of benzene rings is 1. The Labute approximate surface area is 154 Å². The molecule has 1 aromatic rings. The Balaban J connectivity index is 1.84. The second-order valence-electron chi connectivity index (χ2n) is 7.74. The minimum absolute atomic E-state index is 0.0890. The van der Waals surface area contributed by atoms with Crippen LogP contribution in [0.15, 0.2) is 24.3 Å². The Hall–Kier alpha value is -1.92. The van der Waals surface area contributed by atoms with Crippen molar-refractivity contribution in [1.82, 2.24) is 9.80 Å². The maximum Gasteiger partial charge on any atom is 0.254 e. The number of carbonyl (C=O) groups is 2. The number of amides is 2. The summed E-state index contributed by atoms with van der Waals surface area (Å²) >= 11 is 0. The predicted molar refractivity (Wildman–Crippen MR) is 97.4 cm³/mol. The molecule has 2 fully saturated rings. The molecule has 2 aliphatic rings. The highest BCUT2D eigenvalue weighted by Crippen LogP contribution is 2.41. The first-order valence-corrected chi connectivity index (χ1v) is 9.17. The second-order valence-corrected chi connectivity index (χ2v) is 7.74. The van der Waals surface area contributed by atoms with Crippen LogP contribution in [0.25, 0.3) is 0 Å². The van der Waals surface area contributed by atoms with Crippen LogP contribution in [0.4, 0.5) is 0 Å². The molecule has 1 saturated heterocycles. The first-order valence-electron chi connectivity index (χ1n) is 9.17. The van der Waals surface area contributed by atoms with E-state index >= 15 is 0 Å². The van der Waals surface area contributed by atoms with Gasteiger partial charge in [0.2, 0.25) is 5.91 Å². The SMILES string of the molecule is Cc1ccccc1[C@@H]1[C@@H](C(=O)N(C)CC2(CO)CCC2)OCC(=O)N1C. The van der Waals surface area contributed by atoms with Gasteiger partial charge in [-0.05, 0) is 30.9 Å². The summed E-state index contributed by atoms with van der Waals surface area (Å²) in [5, 5.41) is 9.70. The van der Waals surface area contributed by atoms with Crippen LogP contribution < -0.4 is 0 Å². The summed E-state index contributed by atoms with van der Waals surface area (Å²) in [5.74, 6) is -0.270. The summed E-state index contributed by atoms with van der Waals surface area (Å²) in [5.41, 5.74) is 1.77. The molecule has 1 aromatic carbocycles. The van der Waals surface area contributed by atoms with E-state index in [4.69, 9.17) is 4.74 Å². The van der Waals surface area contributed by atoms with E-state index in [-0.39, 0.29) is 30.4 Å². The molecule has 0 aromatic heterocycles. The molecule has 1 heterocycles. The van der Waals surface area contributed by atoms with Crippen molar-refractivity contribution >= 4 is 11.8 Å². The summed E-state index contributed by atoms with van der Waals surface area (Å²) in [6.07, 6.45) is 2.23. The number of ether oxygens (including phenoxy) is 1. The maximum atomic E-state index is 13.2. The zero-order chi connectivity index (χ0) is 18.9. The van der Waals surface area contributed by atoms with Crippen LogP contribution in [-0.2, 0) is 14.3 Å². The fourth-order valence-corrected chi connectivity index (χ4v) is 4.05. The molecule has 26 heavy (non-hydrogen) atoms. The van der Waals surface area contributed by atoms with Crippen molar-refractivity contribution in [1.29, 1.82) is 0 Å². The van der Waals surface area contributed by atoms with E-state index in [1.807, 2.05) is 31.2 Å². The normalized spacial score (nSPS) is 24.9. The summed E-state index contributed by atoms with van der Waals surface area (Å²) in [6.45, 7) is 2.49. The van der Waals surface area contributed by atoms with E-state index in [2.05, 4.69) is 0 Å². The van der Waals surface area contributed by atoms with Crippen LogP contribution in [0.2, 0.25) is 0 Å². The van der Waals surface area contributed by atoms with Crippen molar-refractivity contribution in [2.24, 2.45) is 5.41 Å². The zero-order valence-corrected chi connectivity index (χ0v) is 15.8. The summed E-state index contributed by atoms with van der Waals surface area (Å²) < 4.78 is 5.72. The van der Waals surface area contributed by atoms with Crippen molar-refractivity contribution in [3.63, 3.8) is 0 Å². The molecule has 1 aliphatic heterocycles. The number of morpholine rings is 1. The summed E-state index contributed by atoms with van der Waals surface area (Å²) in [4.78, 5) is 28.6. The standard InChI is InChI=1S/C20H28N2O4/c1-14-7-4-5-8-15(14)17-18(26-11-16(24)22(17)3)19(25)21(2)12-20(13-23)9-6-10-20/h4-5,7-8,17-18,23H,6,9-13H2,1-3H3/t17-,18+/m1/s1. The lowest BCUT2D eigenvalue weighted by atomic mass is 9.69. The average Bonchev–Trinajstić information content (AvgIpc) is 2.60. The molecule has 6 nitrogen and oxygen atoms in total. The van der Waals surface area contributed by atoms with E-state index < -0.39 is 12.1 Å². The van der Waals surface area contributed by atoms with Crippen molar-refractivity contribution in [2.75, 3.05) is 33.9 Å². The molecular formula is C20H28N2O4. The van der Waals surface area contributed by atoms with E-state index in [0.717, 1.165) is 30.4 Å². The Kier molecular flexibility index (Phi) is 5.34.